The van der Waals surface area contributed by atoms with Crippen LogP contribution in [0.3, 0.4) is 0 Å². The average Bonchev–Trinajstić information content (AvgIpc) is 2.12. The summed E-state index contributed by atoms with van der Waals surface area (Å²) in [4.78, 5) is 10.4. The van der Waals surface area contributed by atoms with E-state index in [0.29, 0.717) is 26.2 Å². The minimum Gasteiger partial charge on any atom is -0.480 e. The largest absolute Gasteiger partial charge is 0.480 e. The van der Waals surface area contributed by atoms with E-state index in [1.54, 1.807) is 0 Å². The highest BCUT2D eigenvalue weighted by molar-refractivity contribution is 5.73. The number of rotatable bonds is 1. The molecule has 1 fully saturated rings. The van der Waals surface area contributed by atoms with Crippen LogP contribution in [0.25, 0.3) is 0 Å². The van der Waals surface area contributed by atoms with Gasteiger partial charge in [-0.05, 0) is 6.42 Å². The Morgan fingerprint density at radius 3 is 3.10 bits per heavy atom. The van der Waals surface area contributed by atoms with Crippen molar-refractivity contribution in [1.82, 2.24) is 5.32 Å². The summed E-state index contributed by atoms with van der Waals surface area (Å²) in [6, 6.07) is -0.414. The second kappa shape index (κ2) is 3.53. The summed E-state index contributed by atoms with van der Waals surface area (Å²) >= 11 is 0. The summed E-state index contributed by atoms with van der Waals surface area (Å²) in [5.74, 6) is -0.787. The second-order valence-electron chi connectivity index (χ2n) is 2.25. The number of hydrogen-bond acceptors (Lipinski definition) is 3. The number of carboxylic acids is 1. The molecule has 1 heterocycles. The fourth-order valence-electron chi connectivity index (χ4n) is 0.921. The van der Waals surface area contributed by atoms with Gasteiger partial charge in [0.15, 0.2) is 0 Å². The molecular weight excluding hydrogens is 134 g/mol. The standard InChI is InChI=1S/C6H11NO3/c8-6(9)5-1-3-10-4-2-7-5/h5,7H,1-4H2,(H,8,9)/t5-/m0/s1. The van der Waals surface area contributed by atoms with Crippen molar-refractivity contribution < 1.29 is 14.6 Å². The lowest BCUT2D eigenvalue weighted by atomic mass is 10.2. The maximum atomic E-state index is 10.4. The van der Waals surface area contributed by atoms with Gasteiger partial charge in [0, 0.05) is 13.2 Å². The van der Waals surface area contributed by atoms with Crippen molar-refractivity contribution in [3.05, 3.63) is 0 Å². The number of hydrogen-bond donors (Lipinski definition) is 2. The molecule has 1 saturated heterocycles. The summed E-state index contributed by atoms with van der Waals surface area (Å²) in [6.45, 7) is 1.80. The number of aliphatic carboxylic acids is 1. The maximum absolute atomic E-state index is 10.4. The van der Waals surface area contributed by atoms with Crippen molar-refractivity contribution in [3.63, 3.8) is 0 Å². The molecule has 1 aliphatic heterocycles. The SMILES string of the molecule is O=C(O)[C@@H]1CCOCCN1. The lowest BCUT2D eigenvalue weighted by molar-refractivity contribution is -0.139. The maximum Gasteiger partial charge on any atom is 0.320 e. The van der Waals surface area contributed by atoms with Gasteiger partial charge >= 0.3 is 5.97 Å². The molecule has 1 aliphatic rings. The third-order valence-corrected chi connectivity index (χ3v) is 1.49. The summed E-state index contributed by atoms with van der Waals surface area (Å²) in [7, 11) is 0. The Balaban J connectivity index is 2.35. The molecule has 0 aromatic heterocycles. The monoisotopic (exact) mass is 145 g/mol. The van der Waals surface area contributed by atoms with Crippen LogP contribution in [0.15, 0.2) is 0 Å². The Morgan fingerprint density at radius 2 is 2.40 bits per heavy atom. The summed E-state index contributed by atoms with van der Waals surface area (Å²) in [5.41, 5.74) is 0. The quantitative estimate of drug-likeness (QED) is 0.519. The Morgan fingerprint density at radius 1 is 1.60 bits per heavy atom. The van der Waals surface area contributed by atoms with Crippen molar-refractivity contribution >= 4 is 5.97 Å². The minimum absolute atomic E-state index is 0.414. The van der Waals surface area contributed by atoms with Gasteiger partial charge in [-0.3, -0.25) is 4.79 Å². The predicted molar refractivity (Wildman–Crippen MR) is 34.9 cm³/mol. The first-order valence-electron chi connectivity index (χ1n) is 3.34. The fourth-order valence-corrected chi connectivity index (χ4v) is 0.921. The highest BCUT2D eigenvalue weighted by atomic mass is 16.5. The molecular formula is C6H11NO3. The van der Waals surface area contributed by atoms with Gasteiger partial charge in [-0.1, -0.05) is 0 Å². The van der Waals surface area contributed by atoms with Gasteiger partial charge in [0.2, 0.25) is 0 Å². The molecule has 1 atom stereocenters. The summed E-state index contributed by atoms with van der Waals surface area (Å²) < 4.78 is 5.05. The number of ether oxygens (including phenoxy) is 1. The Labute approximate surface area is 59.2 Å². The molecule has 2 N–H and O–H groups in total. The Bertz CT molecular complexity index is 118. The molecule has 10 heavy (non-hydrogen) atoms. The predicted octanol–water partition coefficient (Wildman–Crippen LogP) is -0.550. The third-order valence-electron chi connectivity index (χ3n) is 1.49. The van der Waals surface area contributed by atoms with E-state index in [-0.39, 0.29) is 0 Å². The molecule has 0 aromatic rings. The van der Waals surface area contributed by atoms with Crippen LogP contribution < -0.4 is 5.32 Å². The summed E-state index contributed by atoms with van der Waals surface area (Å²) in [5, 5.41) is 11.4. The highest BCUT2D eigenvalue weighted by Gasteiger charge is 2.17. The van der Waals surface area contributed by atoms with Crippen LogP contribution in [-0.4, -0.2) is 36.9 Å². The molecule has 0 saturated carbocycles. The van der Waals surface area contributed by atoms with Crippen molar-refractivity contribution in [2.75, 3.05) is 19.8 Å². The molecule has 58 valence electrons. The van der Waals surface area contributed by atoms with Crippen LogP contribution in [0.5, 0.6) is 0 Å². The molecule has 0 unspecified atom stereocenters. The van der Waals surface area contributed by atoms with Crippen LogP contribution >= 0.6 is 0 Å². The zero-order valence-electron chi connectivity index (χ0n) is 5.67. The van der Waals surface area contributed by atoms with Gasteiger partial charge < -0.3 is 15.2 Å². The third kappa shape index (κ3) is 1.97. The first-order chi connectivity index (χ1) is 4.80. The van der Waals surface area contributed by atoms with Crippen LogP contribution in [0.1, 0.15) is 6.42 Å². The van der Waals surface area contributed by atoms with Crippen molar-refractivity contribution in [2.24, 2.45) is 0 Å². The van der Waals surface area contributed by atoms with Gasteiger partial charge in [0.05, 0.1) is 6.61 Å². The lowest BCUT2D eigenvalue weighted by Crippen LogP contribution is -2.36. The zero-order valence-corrected chi connectivity index (χ0v) is 5.67. The van der Waals surface area contributed by atoms with E-state index in [1.807, 2.05) is 0 Å². The van der Waals surface area contributed by atoms with Gasteiger partial charge in [-0.15, -0.1) is 0 Å². The van der Waals surface area contributed by atoms with Crippen molar-refractivity contribution in [3.8, 4) is 0 Å². The number of nitrogens with one attached hydrogen (secondary N) is 1. The van der Waals surface area contributed by atoms with Crippen LogP contribution in [0.4, 0.5) is 0 Å². The zero-order chi connectivity index (χ0) is 7.40. The molecule has 1 rings (SSSR count). The Kier molecular flexibility index (Phi) is 2.65. The van der Waals surface area contributed by atoms with E-state index in [1.165, 1.54) is 0 Å². The van der Waals surface area contributed by atoms with E-state index in [9.17, 15) is 4.79 Å². The van der Waals surface area contributed by atoms with Gasteiger partial charge in [-0.2, -0.15) is 0 Å². The minimum atomic E-state index is -0.787. The van der Waals surface area contributed by atoms with E-state index in [4.69, 9.17) is 9.84 Å². The lowest BCUT2D eigenvalue weighted by Gasteiger charge is -2.07. The topological polar surface area (TPSA) is 58.6 Å². The first kappa shape index (κ1) is 7.50. The molecule has 0 aliphatic carbocycles. The summed E-state index contributed by atoms with van der Waals surface area (Å²) in [6.07, 6.45) is 0.565. The van der Waals surface area contributed by atoms with Crippen molar-refractivity contribution in [2.45, 2.75) is 12.5 Å². The fraction of sp³-hybridized carbons (Fsp3) is 0.833. The molecule has 4 heteroatoms. The van der Waals surface area contributed by atoms with E-state index in [2.05, 4.69) is 5.32 Å². The smallest absolute Gasteiger partial charge is 0.320 e. The first-order valence-corrected chi connectivity index (χ1v) is 3.34. The average molecular weight is 145 g/mol. The van der Waals surface area contributed by atoms with Crippen LogP contribution in [0.2, 0.25) is 0 Å². The van der Waals surface area contributed by atoms with Crippen LogP contribution in [-0.2, 0) is 9.53 Å². The molecule has 0 spiro atoms. The van der Waals surface area contributed by atoms with E-state index >= 15 is 0 Å². The molecule has 0 radical (unpaired) electrons. The normalized spacial score (nSPS) is 27.4. The molecule has 0 bridgehead atoms. The number of carbonyl (C=O) groups is 1. The van der Waals surface area contributed by atoms with Gasteiger partial charge in [0.1, 0.15) is 6.04 Å². The second-order valence-corrected chi connectivity index (χ2v) is 2.25. The van der Waals surface area contributed by atoms with E-state index < -0.39 is 12.0 Å². The molecule has 4 nitrogen and oxygen atoms in total. The van der Waals surface area contributed by atoms with Crippen LogP contribution in [0, 0.1) is 0 Å². The Hall–Kier alpha value is -0.610. The molecule has 0 amide bonds. The molecule has 0 aromatic carbocycles. The van der Waals surface area contributed by atoms with E-state index in [0.717, 1.165) is 0 Å². The van der Waals surface area contributed by atoms with Gasteiger partial charge in [0.25, 0.3) is 0 Å². The van der Waals surface area contributed by atoms with Gasteiger partial charge in [-0.25, -0.2) is 0 Å². The number of carboxylic acid groups (broad SMARTS) is 1. The van der Waals surface area contributed by atoms with Crippen molar-refractivity contribution in [1.29, 1.82) is 0 Å². The highest BCUT2D eigenvalue weighted by Crippen LogP contribution is 1.96.